The van der Waals surface area contributed by atoms with Gasteiger partial charge in [-0.25, -0.2) is 0 Å². The molecule has 1 amide bonds. The van der Waals surface area contributed by atoms with Crippen LogP contribution in [0.1, 0.15) is 50.5 Å². The molecule has 1 aromatic rings. The number of nitrogens with zero attached hydrogens (tertiary/aromatic N) is 5. The molecule has 6 rings (SSSR count). The highest BCUT2D eigenvalue weighted by molar-refractivity contribution is 5.85. The molecule has 0 N–H and O–H groups in total. The van der Waals surface area contributed by atoms with Crippen molar-refractivity contribution in [3.8, 4) is 0 Å². The van der Waals surface area contributed by atoms with E-state index in [2.05, 4.69) is 27.0 Å². The first-order chi connectivity index (χ1) is 17.7. The number of alkyl halides is 3. The number of methoxy groups -OCH3 is 1. The van der Waals surface area contributed by atoms with Gasteiger partial charge in [-0.15, -0.1) is 5.10 Å². The molecule has 204 valence electrons. The molecule has 3 saturated heterocycles. The molecule has 0 aromatic carbocycles. The topological polar surface area (TPSA) is 71.0 Å². The van der Waals surface area contributed by atoms with Crippen LogP contribution < -0.4 is 4.90 Å². The molecular weight excluding hydrogens is 487 g/mol. The fourth-order valence-electron chi connectivity index (χ4n) is 8.06. The molecule has 5 aliphatic rings. The van der Waals surface area contributed by atoms with Crippen LogP contribution in [-0.4, -0.2) is 96.6 Å². The quantitative estimate of drug-likeness (QED) is 0.588. The van der Waals surface area contributed by atoms with Gasteiger partial charge in [0.15, 0.2) is 5.82 Å². The first-order valence-electron chi connectivity index (χ1n) is 13.5. The van der Waals surface area contributed by atoms with Crippen molar-refractivity contribution in [3.05, 3.63) is 17.8 Å². The fraction of sp³-hybridized carbons (Fsp3) is 0.808. The number of piperazine rings is 1. The van der Waals surface area contributed by atoms with Crippen LogP contribution in [0, 0.1) is 11.3 Å². The Morgan fingerprint density at radius 1 is 1.24 bits per heavy atom. The lowest BCUT2D eigenvalue weighted by molar-refractivity contribution is -0.145. The average Bonchev–Trinajstić information content (AvgIpc) is 3.67. The van der Waals surface area contributed by atoms with Gasteiger partial charge in [0.05, 0.1) is 42.0 Å². The van der Waals surface area contributed by atoms with Gasteiger partial charge in [0.1, 0.15) is 0 Å². The van der Waals surface area contributed by atoms with Crippen LogP contribution in [0.2, 0.25) is 0 Å². The maximum Gasteiger partial charge on any atom is 0.418 e. The summed E-state index contributed by atoms with van der Waals surface area (Å²) in [6, 6.07) is 1.69. The molecule has 5 fully saturated rings. The van der Waals surface area contributed by atoms with Crippen LogP contribution in [0.25, 0.3) is 0 Å². The van der Waals surface area contributed by atoms with Gasteiger partial charge in [-0.1, -0.05) is 6.42 Å². The number of likely N-dealkylation sites (tertiary alicyclic amines) is 1. The molecule has 4 heterocycles. The molecule has 3 aliphatic heterocycles. The minimum atomic E-state index is -4.46. The van der Waals surface area contributed by atoms with Crippen molar-refractivity contribution in [3.63, 3.8) is 0 Å². The number of anilines is 1. The van der Waals surface area contributed by atoms with E-state index in [9.17, 15) is 18.0 Å². The van der Waals surface area contributed by atoms with Crippen LogP contribution in [0.5, 0.6) is 0 Å². The standard InChI is InChI=1S/C26H36F3N5O3/c1-32(21-5-7-37-15-22(21)36-2)18-8-16-4-3-6-25(16,11-18)24(35)34-14-19-10-20(34)13-33(19)23-9-17(12-30-31-23)26(27,28)29/h9,12,16,18-22H,3-8,10-11,13-15H2,1-2H3/t16-,18-,19+,20+,21+,22-,25-/m1/s1. The van der Waals surface area contributed by atoms with E-state index in [0.717, 1.165) is 63.8 Å². The molecule has 1 aromatic heterocycles. The zero-order chi connectivity index (χ0) is 25.9. The Labute approximate surface area is 215 Å². The van der Waals surface area contributed by atoms with Crippen LogP contribution in [-0.2, 0) is 20.4 Å². The van der Waals surface area contributed by atoms with Gasteiger partial charge in [-0.3, -0.25) is 9.69 Å². The third-order valence-electron chi connectivity index (χ3n) is 9.98. The molecule has 7 atom stereocenters. The normalized spacial score (nSPS) is 37.6. The number of ether oxygens (including phenoxy) is 2. The van der Waals surface area contributed by atoms with E-state index in [1.807, 2.05) is 4.90 Å². The maximum absolute atomic E-state index is 14.2. The lowest BCUT2D eigenvalue weighted by atomic mass is 9.78. The molecule has 0 spiro atoms. The summed E-state index contributed by atoms with van der Waals surface area (Å²) in [5.74, 6) is 0.902. The van der Waals surface area contributed by atoms with E-state index in [4.69, 9.17) is 9.47 Å². The molecule has 0 radical (unpaired) electrons. The molecule has 2 bridgehead atoms. The molecule has 11 heteroatoms. The number of hydrogen-bond acceptors (Lipinski definition) is 7. The highest BCUT2D eigenvalue weighted by Gasteiger charge is 2.60. The van der Waals surface area contributed by atoms with Gasteiger partial charge in [0.25, 0.3) is 0 Å². The first kappa shape index (κ1) is 25.3. The van der Waals surface area contributed by atoms with Gasteiger partial charge in [0.2, 0.25) is 5.91 Å². The monoisotopic (exact) mass is 523 g/mol. The fourth-order valence-corrected chi connectivity index (χ4v) is 8.06. The van der Waals surface area contributed by atoms with Gasteiger partial charge in [-0.2, -0.15) is 18.3 Å². The number of carbonyl (C=O) groups excluding carboxylic acids is 1. The molecule has 0 unspecified atom stereocenters. The van der Waals surface area contributed by atoms with E-state index < -0.39 is 11.7 Å². The number of aromatic nitrogens is 2. The van der Waals surface area contributed by atoms with Crippen molar-refractivity contribution < 1.29 is 27.4 Å². The molecule has 2 aliphatic carbocycles. The van der Waals surface area contributed by atoms with E-state index in [0.29, 0.717) is 37.7 Å². The average molecular weight is 524 g/mol. The summed E-state index contributed by atoms with van der Waals surface area (Å²) in [4.78, 5) is 20.6. The summed E-state index contributed by atoms with van der Waals surface area (Å²) in [6.07, 6.45) is 3.06. The Bertz CT molecular complexity index is 1030. The van der Waals surface area contributed by atoms with Crippen molar-refractivity contribution in [1.29, 1.82) is 0 Å². The Balaban J connectivity index is 1.15. The van der Waals surface area contributed by atoms with E-state index in [1.165, 1.54) is 0 Å². The van der Waals surface area contributed by atoms with Crippen LogP contribution in [0.15, 0.2) is 12.3 Å². The second-order valence-electron chi connectivity index (χ2n) is 11.7. The van der Waals surface area contributed by atoms with Gasteiger partial charge in [0, 0.05) is 38.9 Å². The summed E-state index contributed by atoms with van der Waals surface area (Å²) in [5, 5.41) is 7.59. The Hall–Kier alpha value is -1.98. The minimum absolute atomic E-state index is 0.00890. The van der Waals surface area contributed by atoms with E-state index in [1.54, 1.807) is 7.11 Å². The highest BCUT2D eigenvalue weighted by atomic mass is 19.4. The van der Waals surface area contributed by atoms with Crippen molar-refractivity contribution >= 4 is 11.7 Å². The van der Waals surface area contributed by atoms with Crippen LogP contribution in [0.3, 0.4) is 0 Å². The van der Waals surface area contributed by atoms with E-state index >= 15 is 0 Å². The predicted molar refractivity (Wildman–Crippen MR) is 129 cm³/mol. The van der Waals surface area contributed by atoms with Crippen molar-refractivity contribution in [2.24, 2.45) is 11.3 Å². The van der Waals surface area contributed by atoms with Gasteiger partial charge in [-0.05, 0) is 57.6 Å². The van der Waals surface area contributed by atoms with Crippen molar-refractivity contribution in [2.45, 2.75) is 81.4 Å². The number of hydrogen-bond donors (Lipinski definition) is 0. The van der Waals surface area contributed by atoms with Crippen molar-refractivity contribution in [1.82, 2.24) is 20.0 Å². The van der Waals surface area contributed by atoms with E-state index in [-0.39, 0.29) is 35.3 Å². The van der Waals surface area contributed by atoms with Crippen LogP contribution >= 0.6 is 0 Å². The highest BCUT2D eigenvalue weighted by Crippen LogP contribution is 2.57. The number of halogens is 3. The minimum Gasteiger partial charge on any atom is -0.379 e. The predicted octanol–water partition coefficient (Wildman–Crippen LogP) is 2.97. The first-order valence-corrected chi connectivity index (χ1v) is 13.5. The second-order valence-corrected chi connectivity index (χ2v) is 11.7. The third-order valence-corrected chi connectivity index (χ3v) is 9.98. The number of rotatable bonds is 5. The zero-order valence-electron chi connectivity index (χ0n) is 21.5. The summed E-state index contributed by atoms with van der Waals surface area (Å²) in [7, 11) is 3.92. The lowest BCUT2D eigenvalue weighted by Gasteiger charge is -2.42. The smallest absolute Gasteiger partial charge is 0.379 e. The number of amides is 1. The Morgan fingerprint density at radius 2 is 2.08 bits per heavy atom. The van der Waals surface area contributed by atoms with Gasteiger partial charge < -0.3 is 19.3 Å². The summed E-state index contributed by atoms with van der Waals surface area (Å²) < 4.78 is 50.9. The van der Waals surface area contributed by atoms with Crippen LogP contribution in [0.4, 0.5) is 19.0 Å². The third kappa shape index (κ3) is 4.21. The summed E-state index contributed by atoms with van der Waals surface area (Å²) in [5.41, 5.74) is -1.11. The summed E-state index contributed by atoms with van der Waals surface area (Å²) >= 11 is 0. The maximum atomic E-state index is 14.2. The molecule has 37 heavy (non-hydrogen) atoms. The largest absolute Gasteiger partial charge is 0.418 e. The molecule has 2 saturated carbocycles. The number of fused-ring (bicyclic) bond motifs is 3. The Kier molecular flexibility index (Phi) is 6.39. The molecule has 8 nitrogen and oxygen atoms in total. The molecular formula is C26H36F3N5O3. The van der Waals surface area contributed by atoms with Gasteiger partial charge >= 0.3 is 6.18 Å². The number of likely N-dealkylation sites (N-methyl/N-ethyl adjacent to an activating group) is 1. The zero-order valence-corrected chi connectivity index (χ0v) is 21.5. The SMILES string of the molecule is CO[C@@H]1COCC[C@@H]1N(C)[C@@H]1C[C@H]2CCC[C@@]2(C(=O)N2C[C@@H]3C[C@H]2CN3c2cc(C(F)(F)F)cnn2)C1. The second kappa shape index (κ2) is 9.34. The van der Waals surface area contributed by atoms with Crippen molar-refractivity contribution in [2.75, 3.05) is 45.4 Å². The lowest BCUT2D eigenvalue weighted by Crippen LogP contribution is -2.54. The number of carbonyl (C=O) groups is 1. The Morgan fingerprint density at radius 3 is 2.81 bits per heavy atom. The summed E-state index contributed by atoms with van der Waals surface area (Å²) in [6.45, 7) is 2.39.